The fourth-order valence-corrected chi connectivity index (χ4v) is 4.73. The molecule has 180 valence electrons. The molecule has 11 nitrogen and oxygen atoms in total. The van der Waals surface area contributed by atoms with Crippen molar-refractivity contribution in [2.75, 3.05) is 18.9 Å². The van der Waals surface area contributed by atoms with Crippen LogP contribution in [0.25, 0.3) is 0 Å². The molecule has 0 bridgehead atoms. The van der Waals surface area contributed by atoms with Gasteiger partial charge in [0.2, 0.25) is 0 Å². The van der Waals surface area contributed by atoms with Crippen molar-refractivity contribution in [1.82, 2.24) is 9.55 Å². The molecular weight excluding hydrogens is 429 g/mol. The quantitative estimate of drug-likeness (QED) is 0.266. The molecule has 6 N–H and O–H groups in total. The Morgan fingerprint density at radius 3 is 2.35 bits per heavy atom. The molecule has 31 heavy (non-hydrogen) atoms. The van der Waals surface area contributed by atoms with Crippen molar-refractivity contribution in [2.24, 2.45) is 0 Å². The summed E-state index contributed by atoms with van der Waals surface area (Å²) in [5.41, 5.74) is 4.23. The third-order valence-corrected chi connectivity index (χ3v) is 8.01. The van der Waals surface area contributed by atoms with Gasteiger partial charge in [0.15, 0.2) is 11.6 Å². The SMILES string of the molecule is CCC(C)(CCO[C@H]([C@H](O)CO)n1cc(C)c(N)nc1=O)OP(=O)(O)C(O)(CC)CC. The highest BCUT2D eigenvalue weighted by atomic mass is 31.2. The van der Waals surface area contributed by atoms with E-state index in [2.05, 4.69) is 4.98 Å². The summed E-state index contributed by atoms with van der Waals surface area (Å²) in [6, 6.07) is 0. The number of rotatable bonds is 13. The molecule has 1 aromatic heterocycles. The standard InChI is InChI=1S/C19H36N3O8P/c1-6-18(5,30-31(27,28)19(26,7-2)8-3)9-10-29-16(14(24)12-23)22-11-13(4)15(20)21-17(22)25/h11,14,16,23-24,26H,6-10,12H2,1-5H3,(H,27,28)(H2,20,21,25)/t14-,16-,18?/m1/s1. The Morgan fingerprint density at radius 1 is 1.29 bits per heavy atom. The summed E-state index contributed by atoms with van der Waals surface area (Å²) in [5, 5.41) is 28.1. The monoisotopic (exact) mass is 465 g/mol. The summed E-state index contributed by atoms with van der Waals surface area (Å²) in [6.45, 7) is 7.45. The van der Waals surface area contributed by atoms with Gasteiger partial charge in [-0.3, -0.25) is 9.13 Å². The first-order valence-electron chi connectivity index (χ1n) is 10.3. The second-order valence-electron chi connectivity index (χ2n) is 7.86. The average molecular weight is 465 g/mol. The minimum Gasteiger partial charge on any atom is -0.394 e. The zero-order valence-corrected chi connectivity index (χ0v) is 19.7. The van der Waals surface area contributed by atoms with E-state index in [0.29, 0.717) is 12.0 Å². The third-order valence-electron chi connectivity index (χ3n) is 5.63. The van der Waals surface area contributed by atoms with Crippen molar-refractivity contribution in [3.8, 4) is 0 Å². The molecule has 0 aliphatic carbocycles. The molecule has 0 aliphatic rings. The van der Waals surface area contributed by atoms with E-state index < -0.39 is 43.2 Å². The van der Waals surface area contributed by atoms with E-state index in [-0.39, 0.29) is 31.7 Å². The van der Waals surface area contributed by atoms with Gasteiger partial charge in [-0.25, -0.2) is 4.79 Å². The normalized spacial score (nSPS) is 18.2. The highest BCUT2D eigenvalue weighted by molar-refractivity contribution is 7.54. The van der Waals surface area contributed by atoms with E-state index >= 15 is 0 Å². The Morgan fingerprint density at radius 2 is 1.87 bits per heavy atom. The first-order chi connectivity index (χ1) is 14.3. The largest absolute Gasteiger partial charge is 0.394 e. The van der Waals surface area contributed by atoms with Crippen LogP contribution in [0.2, 0.25) is 0 Å². The average Bonchev–Trinajstić information content (AvgIpc) is 2.72. The van der Waals surface area contributed by atoms with E-state index in [0.717, 1.165) is 4.57 Å². The van der Waals surface area contributed by atoms with Crippen LogP contribution < -0.4 is 11.4 Å². The van der Waals surface area contributed by atoms with Gasteiger partial charge in [-0.15, -0.1) is 0 Å². The van der Waals surface area contributed by atoms with Gasteiger partial charge in [0.05, 0.1) is 18.8 Å². The molecule has 1 heterocycles. The van der Waals surface area contributed by atoms with Crippen molar-refractivity contribution in [3.63, 3.8) is 0 Å². The van der Waals surface area contributed by atoms with Crippen LogP contribution in [0.5, 0.6) is 0 Å². The maximum Gasteiger partial charge on any atom is 0.359 e. The Balaban J connectivity index is 3.03. The number of aryl methyl sites for hydroxylation is 1. The van der Waals surface area contributed by atoms with Gasteiger partial charge in [-0.1, -0.05) is 20.8 Å². The summed E-state index contributed by atoms with van der Waals surface area (Å²) in [4.78, 5) is 26.3. The van der Waals surface area contributed by atoms with Crippen molar-refractivity contribution >= 4 is 13.4 Å². The van der Waals surface area contributed by atoms with E-state index in [4.69, 9.17) is 15.0 Å². The molecule has 1 aromatic rings. The van der Waals surface area contributed by atoms with Crippen LogP contribution in [0.4, 0.5) is 5.82 Å². The van der Waals surface area contributed by atoms with Crippen molar-refractivity contribution in [3.05, 3.63) is 22.2 Å². The lowest BCUT2D eigenvalue weighted by atomic mass is 10.0. The van der Waals surface area contributed by atoms with Gasteiger partial charge < -0.3 is 35.2 Å². The lowest BCUT2D eigenvalue weighted by Gasteiger charge is -2.37. The van der Waals surface area contributed by atoms with Crippen LogP contribution in [-0.2, 0) is 13.8 Å². The first-order valence-corrected chi connectivity index (χ1v) is 11.9. The number of nitrogens with zero attached hydrogens (tertiary/aromatic N) is 2. The van der Waals surface area contributed by atoms with Crippen molar-refractivity contribution in [2.45, 2.75) is 83.6 Å². The number of aromatic nitrogens is 2. The topological polar surface area (TPSA) is 177 Å². The molecule has 4 atom stereocenters. The summed E-state index contributed by atoms with van der Waals surface area (Å²) in [7, 11) is -4.39. The summed E-state index contributed by atoms with van der Waals surface area (Å²) >= 11 is 0. The Hall–Kier alpha value is -1.33. The molecule has 0 saturated heterocycles. The second kappa shape index (κ2) is 11.0. The van der Waals surface area contributed by atoms with E-state index in [9.17, 15) is 29.6 Å². The van der Waals surface area contributed by atoms with Crippen LogP contribution in [0.1, 0.15) is 65.2 Å². The predicted octanol–water partition coefficient (Wildman–Crippen LogP) is 1.27. The molecule has 0 aliphatic heterocycles. The smallest absolute Gasteiger partial charge is 0.359 e. The van der Waals surface area contributed by atoms with Gasteiger partial charge in [-0.05, 0) is 33.1 Å². The highest BCUT2D eigenvalue weighted by Gasteiger charge is 2.48. The van der Waals surface area contributed by atoms with Crippen LogP contribution >= 0.6 is 7.60 Å². The van der Waals surface area contributed by atoms with Crippen LogP contribution in [-0.4, -0.2) is 60.0 Å². The maximum atomic E-state index is 12.8. The van der Waals surface area contributed by atoms with Crippen LogP contribution in [0.3, 0.4) is 0 Å². The Kier molecular flexibility index (Phi) is 9.83. The number of aliphatic hydroxyl groups excluding tert-OH is 2. The molecule has 2 unspecified atom stereocenters. The van der Waals surface area contributed by atoms with Gasteiger partial charge in [0.1, 0.15) is 11.9 Å². The third kappa shape index (κ3) is 6.58. The molecule has 12 heteroatoms. The van der Waals surface area contributed by atoms with Crippen LogP contribution in [0.15, 0.2) is 11.0 Å². The number of nitrogens with two attached hydrogens (primary N) is 1. The molecule has 0 spiro atoms. The Bertz CT molecular complexity index is 829. The summed E-state index contributed by atoms with van der Waals surface area (Å²) < 4.78 is 25.0. The maximum absolute atomic E-state index is 12.8. The summed E-state index contributed by atoms with van der Waals surface area (Å²) in [5.74, 6) is 0.0449. The number of hydrogen-bond acceptors (Lipinski definition) is 9. The lowest BCUT2D eigenvalue weighted by Crippen LogP contribution is -2.39. The van der Waals surface area contributed by atoms with Crippen molar-refractivity contribution < 1.29 is 34.0 Å². The van der Waals surface area contributed by atoms with Gasteiger partial charge in [0.25, 0.3) is 0 Å². The zero-order valence-electron chi connectivity index (χ0n) is 18.8. The number of aliphatic hydroxyl groups is 3. The number of hydrogen-bond donors (Lipinski definition) is 5. The van der Waals surface area contributed by atoms with E-state index in [1.54, 1.807) is 34.6 Å². The molecule has 0 radical (unpaired) electrons. The fraction of sp³-hybridized carbons (Fsp3) is 0.789. The highest BCUT2D eigenvalue weighted by Crippen LogP contribution is 2.60. The van der Waals surface area contributed by atoms with Gasteiger partial charge >= 0.3 is 13.3 Å². The lowest BCUT2D eigenvalue weighted by molar-refractivity contribution is -0.111. The predicted molar refractivity (Wildman–Crippen MR) is 115 cm³/mol. The Labute approximate surface area is 182 Å². The zero-order chi connectivity index (χ0) is 24.0. The fourth-order valence-electron chi connectivity index (χ4n) is 2.94. The first kappa shape index (κ1) is 27.7. The number of ether oxygens (including phenoxy) is 1. The van der Waals surface area contributed by atoms with Gasteiger partial charge in [-0.2, -0.15) is 4.98 Å². The van der Waals surface area contributed by atoms with E-state index in [1.807, 2.05) is 0 Å². The van der Waals surface area contributed by atoms with Gasteiger partial charge in [0, 0.05) is 18.2 Å². The van der Waals surface area contributed by atoms with E-state index in [1.165, 1.54) is 6.20 Å². The molecule has 0 saturated carbocycles. The second-order valence-corrected chi connectivity index (χ2v) is 9.92. The van der Waals surface area contributed by atoms with Crippen molar-refractivity contribution in [1.29, 1.82) is 0 Å². The number of nitrogen functional groups attached to an aromatic ring is 1. The number of anilines is 1. The molecule has 0 fully saturated rings. The molecular formula is C19H36N3O8P. The molecule has 0 aromatic carbocycles. The summed E-state index contributed by atoms with van der Waals surface area (Å²) in [6.07, 6.45) is -0.772. The minimum absolute atomic E-state index is 0.0449. The minimum atomic E-state index is -4.39. The molecule has 1 rings (SSSR count). The molecule has 0 amide bonds. The van der Waals surface area contributed by atoms with Crippen LogP contribution in [0, 0.1) is 6.92 Å².